The van der Waals surface area contributed by atoms with Crippen LogP contribution in [0.25, 0.3) is 0 Å². The Kier molecular flexibility index (Phi) is 4.27. The molecular weight excluding hydrogens is 318 g/mol. The molecule has 6 heteroatoms. The van der Waals surface area contributed by atoms with Crippen molar-refractivity contribution in [1.82, 2.24) is 10.8 Å². The summed E-state index contributed by atoms with van der Waals surface area (Å²) in [5.41, 5.74) is 3.65. The van der Waals surface area contributed by atoms with Crippen molar-refractivity contribution >= 4 is 34.2 Å². The minimum Gasteiger partial charge on any atom is -0.316 e. The summed E-state index contributed by atoms with van der Waals surface area (Å²) in [6.45, 7) is 1.91. The summed E-state index contributed by atoms with van der Waals surface area (Å²) in [7, 11) is 0. The van der Waals surface area contributed by atoms with Crippen LogP contribution in [0.2, 0.25) is 0 Å². The van der Waals surface area contributed by atoms with E-state index >= 15 is 0 Å². The summed E-state index contributed by atoms with van der Waals surface area (Å²) in [4.78, 5) is 10.4. The van der Waals surface area contributed by atoms with E-state index in [2.05, 4.69) is 26.7 Å². The van der Waals surface area contributed by atoms with E-state index in [0.717, 1.165) is 41.8 Å². The fraction of sp³-hybridized carbons (Fsp3) is 0.417. The number of hydroxylamine groups is 1. The molecule has 0 amide bonds. The van der Waals surface area contributed by atoms with E-state index in [0.29, 0.717) is 0 Å². The molecule has 0 bridgehead atoms. The molecule has 1 fully saturated rings. The van der Waals surface area contributed by atoms with Crippen molar-refractivity contribution in [3.05, 3.63) is 34.3 Å². The number of rotatable bonds is 1. The molecule has 0 unspecified atom stereocenters. The number of benzene rings is 1. The molecule has 98 valence electrons. The van der Waals surface area contributed by atoms with Crippen LogP contribution >= 0.6 is 28.3 Å². The molecule has 2 aliphatic rings. The van der Waals surface area contributed by atoms with Crippen LogP contribution in [0.4, 0.5) is 0 Å². The molecule has 1 aromatic carbocycles. The maximum absolute atomic E-state index is 5.68. The molecule has 3 rings (SSSR count). The Morgan fingerprint density at radius 1 is 1.28 bits per heavy atom. The van der Waals surface area contributed by atoms with Crippen molar-refractivity contribution in [3.8, 4) is 0 Å². The molecule has 2 N–H and O–H groups in total. The lowest BCUT2D eigenvalue weighted by atomic mass is 10.0. The summed E-state index contributed by atoms with van der Waals surface area (Å²) < 4.78 is 1.05. The van der Waals surface area contributed by atoms with Crippen molar-refractivity contribution in [2.24, 2.45) is 4.99 Å². The molecule has 0 aromatic heterocycles. The minimum absolute atomic E-state index is 0. The summed E-state index contributed by atoms with van der Waals surface area (Å²) in [6, 6.07) is 8.06. The summed E-state index contributed by atoms with van der Waals surface area (Å²) in [6.07, 6.45) is 1.83. The maximum Gasteiger partial charge on any atom is 0.190 e. The highest BCUT2D eigenvalue weighted by Crippen LogP contribution is 2.28. The number of nitrogens with one attached hydrogen (secondary N) is 2. The Labute approximate surface area is 121 Å². The topological polar surface area (TPSA) is 45.7 Å². The summed E-state index contributed by atoms with van der Waals surface area (Å²) in [5.74, 6) is 0.827. The Bertz CT molecular complexity index is 460. The second-order valence-corrected chi connectivity index (χ2v) is 5.29. The Morgan fingerprint density at radius 3 is 2.78 bits per heavy atom. The van der Waals surface area contributed by atoms with E-state index in [1.807, 2.05) is 24.3 Å². The summed E-state index contributed by atoms with van der Waals surface area (Å²) >= 11 is 3.46. The van der Waals surface area contributed by atoms with Crippen LogP contribution in [0, 0.1) is 0 Å². The Balaban J connectivity index is 0.00000120. The fourth-order valence-electron chi connectivity index (χ4n) is 2.18. The van der Waals surface area contributed by atoms with Gasteiger partial charge in [0.15, 0.2) is 11.6 Å². The van der Waals surface area contributed by atoms with Crippen molar-refractivity contribution in [3.63, 3.8) is 0 Å². The van der Waals surface area contributed by atoms with E-state index < -0.39 is 0 Å². The first kappa shape index (κ1) is 13.8. The first-order valence-corrected chi connectivity index (χ1v) is 6.57. The average molecular weight is 333 g/mol. The number of nitrogens with zero attached hydrogens (tertiary/aromatic N) is 1. The van der Waals surface area contributed by atoms with Gasteiger partial charge in [-0.3, -0.25) is 0 Å². The van der Waals surface area contributed by atoms with E-state index in [9.17, 15) is 0 Å². The van der Waals surface area contributed by atoms with Gasteiger partial charge in [-0.05, 0) is 25.2 Å². The third-order valence-electron chi connectivity index (χ3n) is 3.14. The molecule has 0 saturated carbocycles. The van der Waals surface area contributed by atoms with Crippen LogP contribution in [-0.2, 0) is 4.84 Å². The van der Waals surface area contributed by atoms with Gasteiger partial charge in [-0.2, -0.15) is 0 Å². The zero-order chi connectivity index (χ0) is 11.7. The van der Waals surface area contributed by atoms with Gasteiger partial charge in [-0.25, -0.2) is 15.3 Å². The molecule has 0 aliphatic carbocycles. The van der Waals surface area contributed by atoms with Crippen molar-refractivity contribution in [2.75, 3.05) is 13.1 Å². The molecule has 1 saturated heterocycles. The second kappa shape index (κ2) is 5.57. The second-order valence-electron chi connectivity index (χ2n) is 4.37. The van der Waals surface area contributed by atoms with Crippen LogP contribution in [0.3, 0.4) is 0 Å². The molecule has 2 heterocycles. The molecule has 1 spiro atoms. The molecule has 1 aromatic rings. The minimum atomic E-state index is -0.358. The van der Waals surface area contributed by atoms with E-state index in [-0.39, 0.29) is 18.1 Å². The number of aliphatic imine (C=N–C) groups is 1. The van der Waals surface area contributed by atoms with Crippen molar-refractivity contribution < 1.29 is 4.84 Å². The number of amidine groups is 1. The third kappa shape index (κ3) is 2.69. The highest BCUT2D eigenvalue weighted by Gasteiger charge is 2.38. The van der Waals surface area contributed by atoms with Crippen LogP contribution in [0.1, 0.15) is 18.4 Å². The monoisotopic (exact) mass is 331 g/mol. The molecule has 0 radical (unpaired) electrons. The van der Waals surface area contributed by atoms with E-state index in [1.165, 1.54) is 0 Å². The van der Waals surface area contributed by atoms with Crippen molar-refractivity contribution in [2.45, 2.75) is 18.6 Å². The standard InChI is InChI=1S/C12H14BrN3O.ClH/c13-10-3-1-2-9(8-10)11-15-12(17-16-11)4-6-14-7-5-12;/h1-3,8,14H,4-7H2,(H,15,16);1H. The average Bonchev–Trinajstić information content (AvgIpc) is 2.74. The normalized spacial score (nSPS) is 21.1. The lowest BCUT2D eigenvalue weighted by Gasteiger charge is -2.28. The highest BCUT2D eigenvalue weighted by atomic mass is 79.9. The molecule has 0 atom stereocenters. The number of piperidine rings is 1. The number of hydrogen-bond donors (Lipinski definition) is 2. The largest absolute Gasteiger partial charge is 0.316 e. The fourth-order valence-corrected chi connectivity index (χ4v) is 2.58. The zero-order valence-electron chi connectivity index (χ0n) is 9.78. The van der Waals surface area contributed by atoms with Gasteiger partial charge in [0, 0.05) is 22.9 Å². The van der Waals surface area contributed by atoms with Crippen LogP contribution < -0.4 is 10.8 Å². The SMILES string of the molecule is Brc1cccc(C2=NC3(CCNCC3)ON2)c1.Cl. The lowest BCUT2D eigenvalue weighted by molar-refractivity contribution is -0.0720. The zero-order valence-corrected chi connectivity index (χ0v) is 12.2. The van der Waals surface area contributed by atoms with Gasteiger partial charge in [0.25, 0.3) is 0 Å². The summed E-state index contributed by atoms with van der Waals surface area (Å²) in [5, 5.41) is 3.32. The van der Waals surface area contributed by atoms with Gasteiger partial charge in [0.1, 0.15) is 0 Å². The first-order chi connectivity index (χ1) is 8.27. The van der Waals surface area contributed by atoms with Gasteiger partial charge >= 0.3 is 0 Å². The van der Waals surface area contributed by atoms with Crippen LogP contribution in [0.15, 0.2) is 33.7 Å². The van der Waals surface area contributed by atoms with Gasteiger partial charge in [-0.15, -0.1) is 12.4 Å². The maximum atomic E-state index is 5.68. The molecular formula is C12H15BrClN3O. The molecule has 2 aliphatic heterocycles. The Hall–Kier alpha value is -0.620. The smallest absolute Gasteiger partial charge is 0.190 e. The molecule has 18 heavy (non-hydrogen) atoms. The van der Waals surface area contributed by atoms with Gasteiger partial charge < -0.3 is 5.32 Å². The highest BCUT2D eigenvalue weighted by molar-refractivity contribution is 9.10. The Morgan fingerprint density at radius 2 is 2.06 bits per heavy atom. The van der Waals surface area contributed by atoms with Gasteiger partial charge in [0.05, 0.1) is 0 Å². The van der Waals surface area contributed by atoms with E-state index in [1.54, 1.807) is 0 Å². The number of halogens is 2. The predicted molar refractivity (Wildman–Crippen MR) is 77.0 cm³/mol. The predicted octanol–water partition coefficient (Wildman–Crippen LogP) is 2.23. The van der Waals surface area contributed by atoms with Gasteiger partial charge in [0.2, 0.25) is 0 Å². The first-order valence-electron chi connectivity index (χ1n) is 5.78. The van der Waals surface area contributed by atoms with E-state index in [4.69, 9.17) is 9.83 Å². The quantitative estimate of drug-likeness (QED) is 0.829. The number of hydrogen-bond acceptors (Lipinski definition) is 4. The van der Waals surface area contributed by atoms with Crippen LogP contribution in [0.5, 0.6) is 0 Å². The lowest BCUT2D eigenvalue weighted by Crippen LogP contribution is -2.41. The van der Waals surface area contributed by atoms with Crippen molar-refractivity contribution in [1.29, 1.82) is 0 Å². The van der Waals surface area contributed by atoms with Gasteiger partial charge in [-0.1, -0.05) is 28.1 Å². The van der Waals surface area contributed by atoms with Crippen LogP contribution in [-0.4, -0.2) is 24.7 Å². The molecule has 4 nitrogen and oxygen atoms in total. The third-order valence-corrected chi connectivity index (χ3v) is 3.63.